The number of alkyl halides is 3. The van der Waals surface area contributed by atoms with Crippen molar-refractivity contribution in [2.75, 3.05) is 0 Å². The average molecular weight is 277 g/mol. The van der Waals surface area contributed by atoms with E-state index in [0.717, 1.165) is 6.07 Å². The molecule has 4 nitrogen and oxygen atoms in total. The normalized spacial score (nSPS) is 12.6. The molecule has 0 heterocycles. The van der Waals surface area contributed by atoms with E-state index in [1.54, 1.807) is 0 Å². The van der Waals surface area contributed by atoms with Crippen molar-refractivity contribution in [3.63, 3.8) is 0 Å². The molecule has 16 heavy (non-hydrogen) atoms. The van der Waals surface area contributed by atoms with Crippen LogP contribution in [-0.4, -0.2) is 19.3 Å². The first-order valence-corrected chi connectivity index (χ1v) is 5.44. The van der Waals surface area contributed by atoms with E-state index in [2.05, 4.69) is 4.74 Å². The van der Waals surface area contributed by atoms with E-state index >= 15 is 0 Å². The van der Waals surface area contributed by atoms with Gasteiger partial charge >= 0.3 is 6.36 Å². The van der Waals surface area contributed by atoms with E-state index in [1.165, 1.54) is 0 Å². The highest BCUT2D eigenvalue weighted by molar-refractivity contribution is 7.86. The summed E-state index contributed by atoms with van der Waals surface area (Å²) in [7, 11) is -4.56. The van der Waals surface area contributed by atoms with Crippen LogP contribution < -0.4 is 4.74 Å². The number of halogens is 4. The van der Waals surface area contributed by atoms with Crippen molar-refractivity contribution in [1.29, 1.82) is 0 Å². The molecule has 0 aromatic heterocycles. The molecule has 90 valence electrons. The van der Waals surface area contributed by atoms with Crippen molar-refractivity contribution in [2.45, 2.75) is 11.3 Å². The van der Waals surface area contributed by atoms with Crippen LogP contribution in [0.1, 0.15) is 0 Å². The Bertz CT molecular complexity index is 497. The molecule has 1 aromatic rings. The molecule has 0 aliphatic rings. The van der Waals surface area contributed by atoms with Crippen LogP contribution in [0.3, 0.4) is 0 Å². The van der Waals surface area contributed by atoms with Crippen LogP contribution in [0.4, 0.5) is 13.2 Å². The third-order valence-corrected chi connectivity index (χ3v) is 2.75. The van der Waals surface area contributed by atoms with Crippen molar-refractivity contribution < 1.29 is 30.9 Å². The summed E-state index contributed by atoms with van der Waals surface area (Å²) < 4.78 is 68.7. The summed E-state index contributed by atoms with van der Waals surface area (Å²) in [5.41, 5.74) is 0. The van der Waals surface area contributed by atoms with E-state index in [1.807, 2.05) is 0 Å². The Morgan fingerprint density at radius 1 is 1.31 bits per heavy atom. The Kier molecular flexibility index (Phi) is 3.36. The summed E-state index contributed by atoms with van der Waals surface area (Å²) in [6.07, 6.45) is -4.90. The molecular formula is C7H4ClF3O4S. The highest BCUT2D eigenvalue weighted by atomic mass is 35.5. The average Bonchev–Trinajstić information content (AvgIpc) is 1.97. The number of hydrogen-bond donors (Lipinski definition) is 1. The summed E-state index contributed by atoms with van der Waals surface area (Å²) in [5.74, 6) is -0.676. The van der Waals surface area contributed by atoms with Gasteiger partial charge in [0.2, 0.25) is 0 Å². The fourth-order valence-corrected chi connectivity index (χ4v) is 1.90. The van der Waals surface area contributed by atoms with Crippen LogP contribution in [0.2, 0.25) is 5.02 Å². The molecule has 0 radical (unpaired) electrons. The minimum Gasteiger partial charge on any atom is -0.406 e. The second kappa shape index (κ2) is 4.11. The van der Waals surface area contributed by atoms with E-state index in [0.29, 0.717) is 12.1 Å². The molecule has 0 spiro atoms. The first-order chi connectivity index (χ1) is 7.09. The Hall–Kier alpha value is -0.990. The lowest BCUT2D eigenvalue weighted by atomic mass is 10.3. The molecule has 0 saturated carbocycles. The molecule has 1 aromatic carbocycles. The molecule has 0 unspecified atom stereocenters. The summed E-state index contributed by atoms with van der Waals surface area (Å²) >= 11 is 5.36. The van der Waals surface area contributed by atoms with E-state index in [4.69, 9.17) is 16.2 Å². The Morgan fingerprint density at radius 2 is 1.88 bits per heavy atom. The van der Waals surface area contributed by atoms with Gasteiger partial charge in [-0.05, 0) is 12.1 Å². The van der Waals surface area contributed by atoms with Gasteiger partial charge in [-0.1, -0.05) is 11.6 Å². The lowest BCUT2D eigenvalue weighted by Gasteiger charge is -2.09. The van der Waals surface area contributed by atoms with Crippen LogP contribution in [0.15, 0.2) is 23.1 Å². The van der Waals surface area contributed by atoms with Crippen LogP contribution in [0.25, 0.3) is 0 Å². The Morgan fingerprint density at radius 3 is 2.25 bits per heavy atom. The second-order valence-electron chi connectivity index (χ2n) is 2.62. The lowest BCUT2D eigenvalue weighted by Crippen LogP contribution is -2.17. The third kappa shape index (κ3) is 3.54. The maximum absolute atomic E-state index is 11.8. The first-order valence-electron chi connectivity index (χ1n) is 3.62. The largest absolute Gasteiger partial charge is 0.573 e. The Balaban J connectivity index is 3.10. The molecule has 0 bridgehead atoms. The highest BCUT2D eigenvalue weighted by Gasteiger charge is 2.31. The monoisotopic (exact) mass is 276 g/mol. The molecule has 0 aliphatic carbocycles. The SMILES string of the molecule is O=S(=O)(O)c1ccc(OC(F)(F)F)cc1Cl. The van der Waals surface area contributed by atoms with Crippen molar-refractivity contribution in [1.82, 2.24) is 0 Å². The van der Waals surface area contributed by atoms with Gasteiger partial charge in [-0.3, -0.25) is 4.55 Å². The molecule has 1 N–H and O–H groups in total. The predicted molar refractivity (Wildman–Crippen MR) is 47.9 cm³/mol. The Labute approximate surface area is 93.3 Å². The standard InChI is InChI=1S/C7H4ClF3O4S/c8-5-3-4(15-7(9,10)11)1-2-6(5)16(12,13)14/h1-3H,(H,12,13,14). The number of benzene rings is 1. The smallest absolute Gasteiger partial charge is 0.406 e. The molecule has 0 aliphatic heterocycles. The minimum absolute atomic E-state index is 0.566. The van der Waals surface area contributed by atoms with Crippen molar-refractivity contribution in [2.24, 2.45) is 0 Å². The topological polar surface area (TPSA) is 63.6 Å². The van der Waals surface area contributed by atoms with Crippen molar-refractivity contribution >= 4 is 21.7 Å². The summed E-state index contributed by atoms with van der Waals surface area (Å²) in [5, 5.41) is -0.566. The number of rotatable bonds is 2. The number of hydrogen-bond acceptors (Lipinski definition) is 3. The second-order valence-corrected chi connectivity index (χ2v) is 4.41. The van der Waals surface area contributed by atoms with Gasteiger partial charge in [0.25, 0.3) is 10.1 Å². The fraction of sp³-hybridized carbons (Fsp3) is 0.143. The fourth-order valence-electron chi connectivity index (χ4n) is 0.888. The van der Waals surface area contributed by atoms with E-state index in [9.17, 15) is 21.6 Å². The quantitative estimate of drug-likeness (QED) is 0.843. The maximum atomic E-state index is 11.8. The first kappa shape index (κ1) is 13.1. The maximum Gasteiger partial charge on any atom is 0.573 e. The summed E-state index contributed by atoms with van der Waals surface area (Å²) in [6, 6.07) is 2.07. The van der Waals surface area contributed by atoms with Gasteiger partial charge in [-0.2, -0.15) is 8.42 Å². The van der Waals surface area contributed by atoms with Gasteiger partial charge in [0, 0.05) is 6.07 Å². The predicted octanol–water partition coefficient (Wildman–Crippen LogP) is 2.49. The van der Waals surface area contributed by atoms with Crippen molar-refractivity contribution in [3.8, 4) is 5.75 Å². The lowest BCUT2D eigenvalue weighted by molar-refractivity contribution is -0.274. The molecule has 0 saturated heterocycles. The molecular weight excluding hydrogens is 273 g/mol. The zero-order chi connectivity index (χ0) is 12.6. The highest BCUT2D eigenvalue weighted by Crippen LogP contribution is 2.29. The molecule has 0 fully saturated rings. The minimum atomic E-state index is -4.90. The van der Waals surface area contributed by atoms with Crippen LogP contribution >= 0.6 is 11.6 Å². The summed E-state index contributed by atoms with van der Waals surface area (Å²) in [6.45, 7) is 0. The molecule has 0 amide bonds. The zero-order valence-corrected chi connectivity index (χ0v) is 8.90. The van der Waals surface area contributed by atoms with Crippen LogP contribution in [0.5, 0.6) is 5.75 Å². The van der Waals surface area contributed by atoms with Crippen LogP contribution in [0, 0.1) is 0 Å². The third-order valence-electron chi connectivity index (χ3n) is 1.41. The van der Waals surface area contributed by atoms with Gasteiger partial charge in [0.05, 0.1) is 5.02 Å². The van der Waals surface area contributed by atoms with Gasteiger partial charge in [0.1, 0.15) is 10.6 Å². The zero-order valence-electron chi connectivity index (χ0n) is 7.32. The van der Waals surface area contributed by atoms with E-state index in [-0.39, 0.29) is 0 Å². The summed E-state index contributed by atoms with van der Waals surface area (Å²) in [4.78, 5) is -0.691. The number of ether oxygens (including phenoxy) is 1. The van der Waals surface area contributed by atoms with Gasteiger partial charge < -0.3 is 4.74 Å². The molecule has 9 heteroatoms. The van der Waals surface area contributed by atoms with Gasteiger partial charge in [-0.15, -0.1) is 13.2 Å². The van der Waals surface area contributed by atoms with Crippen molar-refractivity contribution in [3.05, 3.63) is 23.2 Å². The molecule has 1 rings (SSSR count). The van der Waals surface area contributed by atoms with Gasteiger partial charge in [-0.25, -0.2) is 0 Å². The van der Waals surface area contributed by atoms with E-state index < -0.39 is 32.1 Å². The molecule has 0 atom stereocenters. The van der Waals surface area contributed by atoms with Crippen LogP contribution in [-0.2, 0) is 10.1 Å². The van der Waals surface area contributed by atoms with Gasteiger partial charge in [0.15, 0.2) is 0 Å².